The van der Waals surface area contributed by atoms with Crippen LogP contribution in [0.1, 0.15) is 18.4 Å². The number of hydrogen-bond acceptors (Lipinski definition) is 4. The highest BCUT2D eigenvalue weighted by atomic mass is 32.2. The monoisotopic (exact) mass is 364 g/mol. The van der Waals surface area contributed by atoms with Gasteiger partial charge in [0.2, 0.25) is 5.91 Å². The Bertz CT molecular complexity index is 903. The van der Waals surface area contributed by atoms with Crippen molar-refractivity contribution in [1.82, 2.24) is 10.3 Å². The number of amides is 1. The van der Waals surface area contributed by atoms with Gasteiger partial charge in [-0.25, -0.2) is 13.2 Å². The number of H-pyrrole nitrogens is 1. The van der Waals surface area contributed by atoms with Crippen LogP contribution in [0, 0.1) is 5.92 Å². The largest absolute Gasteiger partial charge is 0.480 e. The molecule has 3 N–H and O–H groups in total. The van der Waals surface area contributed by atoms with Crippen LogP contribution in [0.25, 0.3) is 10.9 Å². The number of carboxylic acids is 1. The van der Waals surface area contributed by atoms with E-state index < -0.39 is 27.8 Å². The first-order chi connectivity index (χ1) is 11.8. The Kier molecular flexibility index (Phi) is 4.80. The summed E-state index contributed by atoms with van der Waals surface area (Å²) >= 11 is 0. The third kappa shape index (κ3) is 4.19. The zero-order chi connectivity index (χ0) is 18.0. The number of para-hydroxylation sites is 1. The lowest BCUT2D eigenvalue weighted by molar-refractivity contribution is -0.141. The second kappa shape index (κ2) is 6.87. The van der Waals surface area contributed by atoms with Crippen molar-refractivity contribution < 1.29 is 23.1 Å². The Balaban J connectivity index is 1.65. The number of nitrogens with one attached hydrogen (secondary N) is 2. The molecule has 1 fully saturated rings. The summed E-state index contributed by atoms with van der Waals surface area (Å²) in [6, 6.07) is 6.49. The Labute approximate surface area is 145 Å². The van der Waals surface area contributed by atoms with E-state index in [1.165, 1.54) is 0 Å². The highest BCUT2D eigenvalue weighted by molar-refractivity contribution is 7.91. The van der Waals surface area contributed by atoms with E-state index in [-0.39, 0.29) is 30.3 Å². The topological polar surface area (TPSA) is 116 Å². The Morgan fingerprint density at radius 3 is 2.76 bits per heavy atom. The molecule has 1 aliphatic heterocycles. The summed E-state index contributed by atoms with van der Waals surface area (Å²) in [5, 5.41) is 12.9. The number of benzene rings is 1. The van der Waals surface area contributed by atoms with Crippen LogP contribution in [0.5, 0.6) is 0 Å². The first-order valence-corrected chi connectivity index (χ1v) is 9.94. The van der Waals surface area contributed by atoms with Gasteiger partial charge in [-0.1, -0.05) is 18.2 Å². The summed E-state index contributed by atoms with van der Waals surface area (Å²) in [5.41, 5.74) is 1.72. The first-order valence-electron chi connectivity index (χ1n) is 8.11. The molecule has 7 nitrogen and oxygen atoms in total. The second-order valence-corrected chi connectivity index (χ2v) is 8.72. The normalized spacial score (nSPS) is 20.4. The van der Waals surface area contributed by atoms with Crippen LogP contribution in [-0.4, -0.2) is 47.9 Å². The fourth-order valence-electron chi connectivity index (χ4n) is 3.27. The number of aliphatic carboxylic acids is 1. The average molecular weight is 364 g/mol. The van der Waals surface area contributed by atoms with E-state index in [9.17, 15) is 23.1 Å². The van der Waals surface area contributed by atoms with Crippen LogP contribution < -0.4 is 5.32 Å². The number of carbonyl (C=O) groups is 2. The maximum atomic E-state index is 12.1. The molecule has 2 unspecified atom stereocenters. The fourth-order valence-corrected chi connectivity index (χ4v) is 5.13. The van der Waals surface area contributed by atoms with Crippen LogP contribution >= 0.6 is 0 Å². The molecule has 1 aromatic heterocycles. The maximum Gasteiger partial charge on any atom is 0.326 e. The van der Waals surface area contributed by atoms with E-state index in [4.69, 9.17) is 0 Å². The number of hydrogen-bond donors (Lipinski definition) is 3. The van der Waals surface area contributed by atoms with Gasteiger partial charge in [-0.15, -0.1) is 0 Å². The third-order valence-corrected chi connectivity index (χ3v) is 6.37. The standard InChI is InChI=1S/C17H20N2O5S/c20-16(7-11-5-6-25(23,24)10-11)19-15(17(21)22)8-12-9-18-14-4-2-1-3-13(12)14/h1-4,9,11,15,18H,5-8,10H2,(H,19,20)(H,21,22). The molecule has 0 bridgehead atoms. The molecule has 2 aromatic rings. The minimum atomic E-state index is -3.05. The van der Waals surface area contributed by atoms with Gasteiger partial charge >= 0.3 is 5.97 Å². The lowest BCUT2D eigenvalue weighted by Crippen LogP contribution is -2.42. The summed E-state index contributed by atoms with van der Waals surface area (Å²) in [5.74, 6) is -1.66. The van der Waals surface area contributed by atoms with Crippen molar-refractivity contribution in [1.29, 1.82) is 0 Å². The SMILES string of the molecule is O=C(CC1CCS(=O)(=O)C1)NC(Cc1c[nH]c2ccccc12)C(=O)O. The molecule has 1 saturated heterocycles. The number of rotatable bonds is 6. The summed E-state index contributed by atoms with van der Waals surface area (Å²) in [4.78, 5) is 26.7. The van der Waals surface area contributed by atoms with Gasteiger partial charge in [-0.05, 0) is 24.0 Å². The zero-order valence-corrected chi connectivity index (χ0v) is 14.4. The van der Waals surface area contributed by atoms with Gasteiger partial charge in [-0.3, -0.25) is 4.79 Å². The molecular weight excluding hydrogens is 344 g/mol. The predicted octanol–water partition coefficient (Wildman–Crippen LogP) is 1.10. The molecule has 0 spiro atoms. The second-order valence-electron chi connectivity index (χ2n) is 6.50. The molecule has 0 saturated carbocycles. The number of carboxylic acid groups (broad SMARTS) is 1. The van der Waals surface area contributed by atoms with E-state index >= 15 is 0 Å². The average Bonchev–Trinajstić information content (AvgIpc) is 3.10. The predicted molar refractivity (Wildman–Crippen MR) is 92.9 cm³/mol. The van der Waals surface area contributed by atoms with Gasteiger partial charge < -0.3 is 15.4 Å². The van der Waals surface area contributed by atoms with Crippen LogP contribution in [0.2, 0.25) is 0 Å². The van der Waals surface area contributed by atoms with E-state index in [0.717, 1.165) is 16.5 Å². The van der Waals surface area contributed by atoms with Crippen molar-refractivity contribution in [2.45, 2.75) is 25.3 Å². The van der Waals surface area contributed by atoms with Crippen LogP contribution in [0.15, 0.2) is 30.5 Å². The number of sulfone groups is 1. The van der Waals surface area contributed by atoms with Crippen LogP contribution in [0.3, 0.4) is 0 Å². The van der Waals surface area contributed by atoms with Crippen molar-refractivity contribution in [2.24, 2.45) is 5.92 Å². The molecule has 2 atom stereocenters. The van der Waals surface area contributed by atoms with Gasteiger partial charge in [0.1, 0.15) is 6.04 Å². The molecular formula is C17H20N2O5S. The Morgan fingerprint density at radius 1 is 1.32 bits per heavy atom. The summed E-state index contributed by atoms with van der Waals surface area (Å²) in [7, 11) is -3.05. The number of aromatic nitrogens is 1. The molecule has 0 aliphatic carbocycles. The van der Waals surface area contributed by atoms with Crippen molar-refractivity contribution in [3.8, 4) is 0 Å². The Morgan fingerprint density at radius 2 is 2.08 bits per heavy atom. The number of fused-ring (bicyclic) bond motifs is 1. The van der Waals surface area contributed by atoms with Gasteiger partial charge in [0.05, 0.1) is 11.5 Å². The van der Waals surface area contributed by atoms with Crippen molar-refractivity contribution in [2.75, 3.05) is 11.5 Å². The van der Waals surface area contributed by atoms with Crippen molar-refractivity contribution in [3.63, 3.8) is 0 Å². The van der Waals surface area contributed by atoms with Gasteiger partial charge in [0.15, 0.2) is 9.84 Å². The smallest absolute Gasteiger partial charge is 0.326 e. The zero-order valence-electron chi connectivity index (χ0n) is 13.6. The van der Waals surface area contributed by atoms with E-state index in [1.807, 2.05) is 24.3 Å². The first kappa shape index (κ1) is 17.5. The molecule has 0 radical (unpaired) electrons. The molecule has 3 rings (SSSR count). The molecule has 8 heteroatoms. The molecule has 134 valence electrons. The number of carbonyl (C=O) groups excluding carboxylic acids is 1. The van der Waals surface area contributed by atoms with Crippen molar-refractivity contribution >= 4 is 32.6 Å². The van der Waals surface area contributed by atoms with Crippen LogP contribution in [-0.2, 0) is 25.8 Å². The Hall–Kier alpha value is -2.35. The highest BCUT2D eigenvalue weighted by Gasteiger charge is 2.30. The highest BCUT2D eigenvalue weighted by Crippen LogP contribution is 2.22. The third-order valence-electron chi connectivity index (χ3n) is 4.53. The van der Waals surface area contributed by atoms with Gasteiger partial charge in [0.25, 0.3) is 0 Å². The van der Waals surface area contributed by atoms with Crippen LogP contribution in [0.4, 0.5) is 0 Å². The van der Waals surface area contributed by atoms with E-state index in [2.05, 4.69) is 10.3 Å². The number of aromatic amines is 1. The fraction of sp³-hybridized carbons (Fsp3) is 0.412. The quantitative estimate of drug-likeness (QED) is 0.710. The van der Waals surface area contributed by atoms with E-state index in [0.29, 0.717) is 6.42 Å². The maximum absolute atomic E-state index is 12.1. The minimum absolute atomic E-state index is 0.000601. The summed E-state index contributed by atoms with van der Waals surface area (Å²) in [6.07, 6.45) is 2.40. The molecule has 1 amide bonds. The van der Waals surface area contributed by atoms with Gasteiger partial charge in [0, 0.05) is 29.9 Å². The van der Waals surface area contributed by atoms with Gasteiger partial charge in [-0.2, -0.15) is 0 Å². The lowest BCUT2D eigenvalue weighted by atomic mass is 10.0. The molecule has 25 heavy (non-hydrogen) atoms. The minimum Gasteiger partial charge on any atom is -0.480 e. The molecule has 1 aliphatic rings. The summed E-state index contributed by atoms with van der Waals surface area (Å²) < 4.78 is 22.9. The molecule has 2 heterocycles. The van der Waals surface area contributed by atoms with Crippen molar-refractivity contribution in [3.05, 3.63) is 36.0 Å². The van der Waals surface area contributed by atoms with E-state index in [1.54, 1.807) is 6.20 Å². The lowest BCUT2D eigenvalue weighted by Gasteiger charge is -2.15. The molecule has 1 aromatic carbocycles. The summed E-state index contributed by atoms with van der Waals surface area (Å²) in [6.45, 7) is 0.